The van der Waals surface area contributed by atoms with Crippen LogP contribution in [-0.2, 0) is 0 Å². The van der Waals surface area contributed by atoms with E-state index in [0.717, 1.165) is 15.6 Å². The first kappa shape index (κ1) is 8.38. The van der Waals surface area contributed by atoms with E-state index in [1.165, 1.54) is 0 Å². The molecule has 0 amide bonds. The number of furan rings is 1. The molecule has 13 heavy (non-hydrogen) atoms. The number of anilines is 1. The van der Waals surface area contributed by atoms with Crippen molar-refractivity contribution in [3.05, 3.63) is 41.1 Å². The van der Waals surface area contributed by atoms with Gasteiger partial charge in [-0.25, -0.2) is 0 Å². The zero-order valence-corrected chi connectivity index (χ0v) is 8.41. The van der Waals surface area contributed by atoms with E-state index in [1.54, 1.807) is 12.3 Å². The van der Waals surface area contributed by atoms with Crippen molar-refractivity contribution in [2.24, 2.45) is 0 Å². The SMILES string of the molecule is Nc1cc(-c2ccccc2Br)co1. The van der Waals surface area contributed by atoms with Gasteiger partial charge in [0.1, 0.15) is 6.26 Å². The molecule has 0 radical (unpaired) electrons. The third-order valence-corrected chi connectivity index (χ3v) is 2.50. The Hall–Kier alpha value is -1.22. The van der Waals surface area contributed by atoms with Gasteiger partial charge in [-0.05, 0) is 11.6 Å². The van der Waals surface area contributed by atoms with Crippen LogP contribution in [-0.4, -0.2) is 0 Å². The Bertz CT molecular complexity index is 422. The number of halogens is 1. The normalized spacial score (nSPS) is 10.2. The third kappa shape index (κ3) is 1.60. The Morgan fingerprint density at radius 2 is 2.00 bits per heavy atom. The molecule has 0 fully saturated rings. The third-order valence-electron chi connectivity index (χ3n) is 1.80. The quantitative estimate of drug-likeness (QED) is 0.827. The summed E-state index contributed by atoms with van der Waals surface area (Å²) < 4.78 is 6.07. The molecule has 0 saturated carbocycles. The molecule has 1 aromatic carbocycles. The molecule has 66 valence electrons. The Balaban J connectivity index is 2.52. The summed E-state index contributed by atoms with van der Waals surface area (Å²) in [6.45, 7) is 0. The van der Waals surface area contributed by atoms with Gasteiger partial charge in [0, 0.05) is 16.1 Å². The predicted octanol–water partition coefficient (Wildman–Crippen LogP) is 3.29. The van der Waals surface area contributed by atoms with E-state index < -0.39 is 0 Å². The van der Waals surface area contributed by atoms with Crippen molar-refractivity contribution in [2.45, 2.75) is 0 Å². The zero-order valence-electron chi connectivity index (χ0n) is 6.83. The molecular weight excluding hydrogens is 230 g/mol. The second-order valence-electron chi connectivity index (χ2n) is 2.72. The highest BCUT2D eigenvalue weighted by atomic mass is 79.9. The molecule has 0 aliphatic carbocycles. The number of nitrogen functional groups attached to an aromatic ring is 1. The Morgan fingerprint density at radius 3 is 2.62 bits per heavy atom. The molecule has 0 unspecified atom stereocenters. The fourth-order valence-electron chi connectivity index (χ4n) is 1.19. The van der Waals surface area contributed by atoms with Crippen LogP contribution in [0.1, 0.15) is 0 Å². The second-order valence-corrected chi connectivity index (χ2v) is 3.57. The maximum absolute atomic E-state index is 5.48. The lowest BCUT2D eigenvalue weighted by Gasteiger charge is -1.98. The molecule has 2 aromatic rings. The predicted molar refractivity (Wildman–Crippen MR) is 56.3 cm³/mol. The summed E-state index contributed by atoms with van der Waals surface area (Å²) >= 11 is 3.46. The van der Waals surface area contributed by atoms with Crippen molar-refractivity contribution in [1.29, 1.82) is 0 Å². The Morgan fingerprint density at radius 1 is 1.23 bits per heavy atom. The fraction of sp³-hybridized carbons (Fsp3) is 0. The number of rotatable bonds is 1. The van der Waals surface area contributed by atoms with E-state index in [-0.39, 0.29) is 0 Å². The van der Waals surface area contributed by atoms with E-state index in [1.807, 2.05) is 24.3 Å². The minimum Gasteiger partial charge on any atom is -0.449 e. The van der Waals surface area contributed by atoms with Gasteiger partial charge in [-0.1, -0.05) is 34.1 Å². The lowest BCUT2D eigenvalue weighted by molar-refractivity contribution is 0.588. The van der Waals surface area contributed by atoms with E-state index in [4.69, 9.17) is 10.2 Å². The number of hydrogen-bond acceptors (Lipinski definition) is 2. The molecule has 0 saturated heterocycles. The van der Waals surface area contributed by atoms with Crippen LogP contribution in [0.25, 0.3) is 11.1 Å². The summed E-state index contributed by atoms with van der Waals surface area (Å²) in [4.78, 5) is 0. The maximum atomic E-state index is 5.48. The van der Waals surface area contributed by atoms with Gasteiger partial charge < -0.3 is 10.2 Å². The van der Waals surface area contributed by atoms with E-state index >= 15 is 0 Å². The van der Waals surface area contributed by atoms with E-state index in [0.29, 0.717) is 5.88 Å². The van der Waals surface area contributed by atoms with Crippen molar-refractivity contribution in [3.63, 3.8) is 0 Å². The molecule has 1 aromatic heterocycles. The summed E-state index contributed by atoms with van der Waals surface area (Å²) in [5.41, 5.74) is 7.56. The van der Waals surface area contributed by atoms with Crippen LogP contribution in [0.3, 0.4) is 0 Å². The molecule has 1 heterocycles. The van der Waals surface area contributed by atoms with Gasteiger partial charge in [0.05, 0.1) is 0 Å². The van der Waals surface area contributed by atoms with Crippen LogP contribution in [0.4, 0.5) is 5.88 Å². The molecule has 0 bridgehead atoms. The lowest BCUT2D eigenvalue weighted by Crippen LogP contribution is -1.77. The first-order valence-corrected chi connectivity index (χ1v) is 4.65. The van der Waals surface area contributed by atoms with Crippen LogP contribution >= 0.6 is 15.9 Å². The van der Waals surface area contributed by atoms with Gasteiger partial charge in [0.25, 0.3) is 0 Å². The van der Waals surface area contributed by atoms with Crippen molar-refractivity contribution in [3.8, 4) is 11.1 Å². The van der Waals surface area contributed by atoms with Crippen LogP contribution < -0.4 is 5.73 Å². The smallest absolute Gasteiger partial charge is 0.190 e. The largest absolute Gasteiger partial charge is 0.449 e. The van der Waals surface area contributed by atoms with Gasteiger partial charge in [0.15, 0.2) is 5.88 Å². The first-order chi connectivity index (χ1) is 6.27. The highest BCUT2D eigenvalue weighted by Crippen LogP contribution is 2.29. The number of hydrogen-bond donors (Lipinski definition) is 1. The van der Waals surface area contributed by atoms with Crippen LogP contribution in [0.2, 0.25) is 0 Å². The van der Waals surface area contributed by atoms with Gasteiger partial charge in [-0.2, -0.15) is 0 Å². The highest BCUT2D eigenvalue weighted by molar-refractivity contribution is 9.10. The minimum absolute atomic E-state index is 0.436. The van der Waals surface area contributed by atoms with Crippen molar-refractivity contribution >= 4 is 21.8 Å². The molecule has 3 heteroatoms. The Kier molecular flexibility index (Phi) is 2.10. The second kappa shape index (κ2) is 3.26. The topological polar surface area (TPSA) is 39.2 Å². The Labute approximate surface area is 84.5 Å². The number of nitrogens with two attached hydrogens (primary N) is 1. The van der Waals surface area contributed by atoms with Gasteiger partial charge in [-0.3, -0.25) is 0 Å². The van der Waals surface area contributed by atoms with E-state index in [2.05, 4.69) is 15.9 Å². The molecule has 0 spiro atoms. The van der Waals surface area contributed by atoms with Crippen LogP contribution in [0.5, 0.6) is 0 Å². The summed E-state index contributed by atoms with van der Waals surface area (Å²) in [7, 11) is 0. The summed E-state index contributed by atoms with van der Waals surface area (Å²) in [5, 5.41) is 0. The average molecular weight is 238 g/mol. The van der Waals surface area contributed by atoms with Crippen LogP contribution in [0, 0.1) is 0 Å². The average Bonchev–Trinajstić information content (AvgIpc) is 2.53. The molecule has 0 atom stereocenters. The van der Waals surface area contributed by atoms with Crippen LogP contribution in [0.15, 0.2) is 45.5 Å². The van der Waals surface area contributed by atoms with Crippen molar-refractivity contribution in [1.82, 2.24) is 0 Å². The molecule has 0 aliphatic heterocycles. The number of benzene rings is 1. The highest BCUT2D eigenvalue weighted by Gasteiger charge is 2.04. The molecule has 2 nitrogen and oxygen atoms in total. The lowest BCUT2D eigenvalue weighted by atomic mass is 10.1. The van der Waals surface area contributed by atoms with Crippen molar-refractivity contribution < 1.29 is 4.42 Å². The first-order valence-electron chi connectivity index (χ1n) is 3.86. The maximum Gasteiger partial charge on any atom is 0.190 e. The molecular formula is C10H8BrNO. The van der Waals surface area contributed by atoms with Crippen molar-refractivity contribution in [2.75, 3.05) is 5.73 Å². The van der Waals surface area contributed by atoms with Gasteiger partial charge in [-0.15, -0.1) is 0 Å². The molecule has 2 rings (SSSR count). The van der Waals surface area contributed by atoms with Gasteiger partial charge in [0.2, 0.25) is 0 Å². The van der Waals surface area contributed by atoms with E-state index in [9.17, 15) is 0 Å². The molecule has 0 aliphatic rings. The monoisotopic (exact) mass is 237 g/mol. The fourth-order valence-corrected chi connectivity index (χ4v) is 1.70. The molecule has 2 N–H and O–H groups in total. The zero-order chi connectivity index (χ0) is 9.26. The minimum atomic E-state index is 0.436. The van der Waals surface area contributed by atoms with Gasteiger partial charge >= 0.3 is 0 Å². The summed E-state index contributed by atoms with van der Waals surface area (Å²) in [6.07, 6.45) is 1.65. The standard InChI is InChI=1S/C10H8BrNO/c11-9-4-2-1-3-8(9)7-5-10(12)13-6-7/h1-6H,12H2. The summed E-state index contributed by atoms with van der Waals surface area (Å²) in [6, 6.07) is 9.74. The summed E-state index contributed by atoms with van der Waals surface area (Å²) in [5.74, 6) is 0.436.